The third-order valence-electron chi connectivity index (χ3n) is 4.62. The first-order valence-electron chi connectivity index (χ1n) is 9.55. The molecule has 0 saturated carbocycles. The number of nitrogens with one attached hydrogen (secondary N) is 1. The van der Waals surface area contributed by atoms with Crippen LogP contribution in [0.3, 0.4) is 0 Å². The summed E-state index contributed by atoms with van der Waals surface area (Å²) >= 11 is 1.42. The molecule has 3 rings (SSSR count). The van der Waals surface area contributed by atoms with Crippen LogP contribution in [0.2, 0.25) is 0 Å². The summed E-state index contributed by atoms with van der Waals surface area (Å²) in [4.78, 5) is 12.4. The highest BCUT2D eigenvalue weighted by molar-refractivity contribution is 7.98. The molecular weight excluding hydrogens is 387 g/mol. The van der Waals surface area contributed by atoms with Gasteiger partial charge >= 0.3 is 0 Å². The number of rotatable bonds is 8. The van der Waals surface area contributed by atoms with E-state index in [1.807, 2.05) is 61.9 Å². The first-order chi connectivity index (χ1) is 14.0. The van der Waals surface area contributed by atoms with E-state index in [0.717, 1.165) is 5.56 Å². The molecule has 0 aliphatic carbocycles. The van der Waals surface area contributed by atoms with Crippen LogP contribution in [0.5, 0.6) is 0 Å². The molecule has 2 aromatic carbocycles. The van der Waals surface area contributed by atoms with Crippen LogP contribution in [-0.4, -0.2) is 20.7 Å². The molecule has 3 aromatic rings. The van der Waals surface area contributed by atoms with Gasteiger partial charge in [0, 0.05) is 18.7 Å². The van der Waals surface area contributed by atoms with Crippen LogP contribution in [0.15, 0.2) is 59.8 Å². The van der Waals surface area contributed by atoms with Crippen molar-refractivity contribution in [2.45, 2.75) is 37.2 Å². The molecule has 1 atom stereocenters. The van der Waals surface area contributed by atoms with Crippen molar-refractivity contribution in [3.63, 3.8) is 0 Å². The van der Waals surface area contributed by atoms with Crippen LogP contribution in [0.25, 0.3) is 0 Å². The maximum Gasteiger partial charge on any atom is 0.223 e. The lowest BCUT2D eigenvalue weighted by Crippen LogP contribution is -2.34. The Morgan fingerprint density at radius 2 is 1.79 bits per heavy atom. The van der Waals surface area contributed by atoms with Gasteiger partial charge in [-0.2, -0.15) is 0 Å². The van der Waals surface area contributed by atoms with Gasteiger partial charge in [-0.25, -0.2) is 4.39 Å². The number of carbonyl (C=O) groups is 1. The number of thioether (sulfide) groups is 1. The van der Waals surface area contributed by atoms with E-state index < -0.39 is 0 Å². The molecule has 0 bridgehead atoms. The third-order valence-corrected chi connectivity index (χ3v) is 5.69. The summed E-state index contributed by atoms with van der Waals surface area (Å²) < 4.78 is 15.8. The molecule has 1 amide bonds. The highest BCUT2D eigenvalue weighted by Crippen LogP contribution is 2.25. The monoisotopic (exact) mass is 412 g/mol. The first kappa shape index (κ1) is 21.0. The van der Waals surface area contributed by atoms with Crippen molar-refractivity contribution >= 4 is 17.7 Å². The van der Waals surface area contributed by atoms with E-state index in [-0.39, 0.29) is 23.7 Å². The van der Waals surface area contributed by atoms with E-state index in [4.69, 9.17) is 0 Å². The van der Waals surface area contributed by atoms with Gasteiger partial charge in [-0.3, -0.25) is 4.79 Å². The van der Waals surface area contributed by atoms with Crippen molar-refractivity contribution < 1.29 is 9.18 Å². The average molecular weight is 413 g/mol. The Balaban J connectivity index is 1.80. The van der Waals surface area contributed by atoms with Crippen LogP contribution in [-0.2, 0) is 24.0 Å². The molecule has 0 radical (unpaired) electrons. The van der Waals surface area contributed by atoms with Crippen molar-refractivity contribution in [1.82, 2.24) is 20.1 Å². The van der Waals surface area contributed by atoms with E-state index in [9.17, 15) is 9.18 Å². The summed E-state index contributed by atoms with van der Waals surface area (Å²) in [6.07, 6.45) is 0.614. The van der Waals surface area contributed by atoms with Crippen LogP contribution in [0.1, 0.15) is 36.8 Å². The number of carbonyl (C=O) groups excluding carboxylic acids is 1. The van der Waals surface area contributed by atoms with E-state index in [1.165, 1.54) is 17.8 Å². The lowest BCUT2D eigenvalue weighted by molar-refractivity contribution is -0.124. The smallest absolute Gasteiger partial charge is 0.223 e. The van der Waals surface area contributed by atoms with Gasteiger partial charge in [0.05, 0.1) is 6.04 Å². The SMILES string of the molecule is CC(C)C(=O)N[C@H](Cc1ccccc1)c1nnc(SCc2ccccc2F)n1C. The molecule has 0 unspecified atom stereocenters. The molecule has 7 heteroatoms. The predicted octanol–water partition coefficient (Wildman–Crippen LogP) is 4.30. The van der Waals surface area contributed by atoms with E-state index in [0.29, 0.717) is 28.7 Å². The molecule has 0 spiro atoms. The summed E-state index contributed by atoms with van der Waals surface area (Å²) in [5.41, 5.74) is 1.72. The maximum atomic E-state index is 13.9. The largest absolute Gasteiger partial charge is 0.346 e. The fraction of sp³-hybridized carbons (Fsp3) is 0.318. The number of hydrogen-bond acceptors (Lipinski definition) is 4. The highest BCUT2D eigenvalue weighted by Gasteiger charge is 2.23. The number of hydrogen-bond donors (Lipinski definition) is 1. The zero-order valence-corrected chi connectivity index (χ0v) is 17.6. The summed E-state index contributed by atoms with van der Waals surface area (Å²) in [7, 11) is 1.87. The van der Waals surface area contributed by atoms with Gasteiger partial charge in [0.25, 0.3) is 0 Å². The minimum Gasteiger partial charge on any atom is -0.346 e. The normalized spacial score (nSPS) is 12.2. The Labute approximate surface area is 174 Å². The predicted molar refractivity (Wildman–Crippen MR) is 113 cm³/mol. The van der Waals surface area contributed by atoms with Gasteiger partial charge in [0.1, 0.15) is 5.82 Å². The molecule has 1 N–H and O–H groups in total. The molecule has 29 heavy (non-hydrogen) atoms. The zero-order valence-electron chi connectivity index (χ0n) is 16.8. The Kier molecular flexibility index (Phi) is 7.04. The summed E-state index contributed by atoms with van der Waals surface area (Å²) in [5.74, 6) is 0.749. The molecular formula is C22H25FN4OS. The molecule has 5 nitrogen and oxygen atoms in total. The van der Waals surface area contributed by atoms with Crippen molar-refractivity contribution in [2.24, 2.45) is 13.0 Å². The minimum absolute atomic E-state index is 0.0329. The fourth-order valence-corrected chi connectivity index (χ4v) is 3.81. The first-order valence-corrected chi connectivity index (χ1v) is 10.5. The Morgan fingerprint density at radius 1 is 1.10 bits per heavy atom. The lowest BCUT2D eigenvalue weighted by Gasteiger charge is -2.19. The molecule has 0 aliphatic rings. The molecule has 0 fully saturated rings. The number of nitrogens with zero attached hydrogens (tertiary/aromatic N) is 3. The summed E-state index contributed by atoms with van der Waals surface area (Å²) in [5, 5.41) is 12.4. The topological polar surface area (TPSA) is 59.8 Å². The quantitative estimate of drug-likeness (QED) is 0.561. The van der Waals surface area contributed by atoms with E-state index >= 15 is 0 Å². The summed E-state index contributed by atoms with van der Waals surface area (Å²) in [6.45, 7) is 3.72. The lowest BCUT2D eigenvalue weighted by atomic mass is 10.0. The standard InChI is InChI=1S/C22H25FN4OS/c1-15(2)21(28)24-19(13-16-9-5-4-6-10-16)20-25-26-22(27(20)3)29-14-17-11-7-8-12-18(17)23/h4-12,15,19H,13-14H2,1-3H3,(H,24,28)/t19-/m1/s1. The maximum absolute atomic E-state index is 13.9. The van der Waals surface area contributed by atoms with E-state index in [2.05, 4.69) is 15.5 Å². The van der Waals surface area contributed by atoms with Gasteiger partial charge in [-0.15, -0.1) is 10.2 Å². The van der Waals surface area contributed by atoms with Crippen LogP contribution in [0, 0.1) is 11.7 Å². The number of benzene rings is 2. The molecule has 1 heterocycles. The van der Waals surface area contributed by atoms with Crippen molar-refractivity contribution in [1.29, 1.82) is 0 Å². The average Bonchev–Trinajstić information content (AvgIpc) is 3.08. The Hall–Kier alpha value is -2.67. The fourth-order valence-electron chi connectivity index (χ4n) is 2.91. The summed E-state index contributed by atoms with van der Waals surface area (Å²) in [6, 6.07) is 16.4. The van der Waals surface area contributed by atoms with Gasteiger partial charge in [-0.1, -0.05) is 74.1 Å². The van der Waals surface area contributed by atoms with Crippen molar-refractivity contribution in [2.75, 3.05) is 0 Å². The number of halogens is 1. The van der Waals surface area contributed by atoms with Gasteiger partial charge < -0.3 is 9.88 Å². The number of amides is 1. The van der Waals surface area contributed by atoms with Crippen LogP contribution < -0.4 is 5.32 Å². The van der Waals surface area contributed by atoms with Crippen LogP contribution >= 0.6 is 11.8 Å². The minimum atomic E-state index is -0.299. The second-order valence-electron chi connectivity index (χ2n) is 7.19. The van der Waals surface area contributed by atoms with Crippen molar-refractivity contribution in [3.05, 3.63) is 77.4 Å². The van der Waals surface area contributed by atoms with Gasteiger partial charge in [0.2, 0.25) is 5.91 Å². The number of aromatic nitrogens is 3. The van der Waals surface area contributed by atoms with Crippen LogP contribution in [0.4, 0.5) is 4.39 Å². The molecule has 0 saturated heterocycles. The zero-order chi connectivity index (χ0) is 20.8. The Morgan fingerprint density at radius 3 is 2.48 bits per heavy atom. The van der Waals surface area contributed by atoms with Gasteiger partial charge in [-0.05, 0) is 23.6 Å². The highest BCUT2D eigenvalue weighted by atomic mass is 32.2. The second-order valence-corrected chi connectivity index (χ2v) is 8.13. The van der Waals surface area contributed by atoms with Crippen molar-refractivity contribution in [3.8, 4) is 0 Å². The second kappa shape index (κ2) is 9.69. The Bertz CT molecular complexity index is 958. The molecule has 0 aliphatic heterocycles. The molecule has 152 valence electrons. The van der Waals surface area contributed by atoms with Gasteiger partial charge in [0.15, 0.2) is 11.0 Å². The third kappa shape index (κ3) is 5.44. The molecule has 1 aromatic heterocycles. The van der Waals surface area contributed by atoms with E-state index in [1.54, 1.807) is 12.1 Å².